The van der Waals surface area contributed by atoms with Crippen LogP contribution in [0.25, 0.3) is 0 Å². The van der Waals surface area contributed by atoms with E-state index in [1.54, 1.807) is 25.3 Å². The van der Waals surface area contributed by atoms with Crippen molar-refractivity contribution >= 4 is 6.03 Å². The molecule has 0 radical (unpaired) electrons. The maximum atomic E-state index is 12.7. The van der Waals surface area contributed by atoms with Crippen LogP contribution in [0, 0.1) is 5.92 Å². The molecule has 0 aromatic rings. The van der Waals surface area contributed by atoms with Crippen molar-refractivity contribution in [3.05, 3.63) is 85.1 Å². The summed E-state index contributed by atoms with van der Waals surface area (Å²) in [5.41, 5.74) is 0. The van der Waals surface area contributed by atoms with E-state index in [1.165, 1.54) is 6.92 Å². The SMILES string of the molecule is COCC[C@H](O)[C@@H](C)/C=C/C=C/C=C/C=C/C=C/C=C/C=C/[C@@H](C[C@@H]1O[C@](O)(C[C@H](C)O)CC[C@H]1NC(=O)NC(CO)CO)O[C@@H]1OC[C@@H](O)C[C@@H]1O. The number of amides is 2. The largest absolute Gasteiger partial charge is 0.394 e. The lowest BCUT2D eigenvalue weighted by Crippen LogP contribution is -2.58. The van der Waals surface area contributed by atoms with E-state index in [0.717, 1.165) is 0 Å². The number of hydrogen-bond acceptors (Lipinski definition) is 12. The van der Waals surface area contributed by atoms with Gasteiger partial charge in [-0.2, -0.15) is 0 Å². The zero-order chi connectivity index (χ0) is 39.1. The fourth-order valence-corrected chi connectivity index (χ4v) is 5.71. The molecule has 2 aliphatic rings. The third-order valence-corrected chi connectivity index (χ3v) is 8.61. The van der Waals surface area contributed by atoms with Crippen LogP contribution < -0.4 is 10.6 Å². The molecule has 2 rings (SSSR count). The summed E-state index contributed by atoms with van der Waals surface area (Å²) in [6.45, 7) is 3.08. The van der Waals surface area contributed by atoms with Gasteiger partial charge in [-0.1, -0.05) is 92.0 Å². The van der Waals surface area contributed by atoms with E-state index in [9.17, 15) is 40.5 Å². The normalized spacial score (nSPS) is 28.4. The molecule has 0 spiro atoms. The molecule has 9 N–H and O–H groups in total. The summed E-state index contributed by atoms with van der Waals surface area (Å²) in [4.78, 5) is 12.7. The lowest BCUT2D eigenvalue weighted by Gasteiger charge is -2.43. The maximum absolute atomic E-state index is 12.7. The Morgan fingerprint density at radius 3 is 2.06 bits per heavy atom. The highest BCUT2D eigenvalue weighted by Gasteiger charge is 2.43. The predicted octanol–water partition coefficient (Wildman–Crippen LogP) is 1.82. The molecule has 0 unspecified atom stereocenters. The molecule has 0 saturated carbocycles. The third-order valence-electron chi connectivity index (χ3n) is 8.61. The van der Waals surface area contributed by atoms with Gasteiger partial charge < -0.3 is 65.3 Å². The Kier molecular flexibility index (Phi) is 22.6. The summed E-state index contributed by atoms with van der Waals surface area (Å²) in [6.07, 6.45) is 21.2. The number of aliphatic hydroxyl groups is 7. The van der Waals surface area contributed by atoms with Gasteiger partial charge >= 0.3 is 6.03 Å². The Balaban J connectivity index is 2.08. The highest BCUT2D eigenvalue weighted by atomic mass is 16.7. The molecule has 2 aliphatic heterocycles. The number of nitrogens with one attached hydrogen (secondary N) is 2. The number of rotatable bonds is 22. The Hall–Kier alpha value is -2.99. The molecule has 14 nitrogen and oxygen atoms in total. The van der Waals surface area contributed by atoms with Crippen LogP contribution in [0.5, 0.6) is 0 Å². The van der Waals surface area contributed by atoms with Crippen LogP contribution in [0.1, 0.15) is 52.4 Å². The van der Waals surface area contributed by atoms with Gasteiger partial charge in [-0.05, 0) is 19.8 Å². The molecule has 2 heterocycles. The van der Waals surface area contributed by atoms with Crippen LogP contribution >= 0.6 is 0 Å². The minimum atomic E-state index is -1.67. The average Bonchev–Trinajstić information content (AvgIpc) is 3.11. The van der Waals surface area contributed by atoms with Crippen molar-refractivity contribution in [2.24, 2.45) is 5.92 Å². The second-order valence-corrected chi connectivity index (χ2v) is 13.5. The van der Waals surface area contributed by atoms with Crippen LogP contribution in [0.3, 0.4) is 0 Å². The Morgan fingerprint density at radius 2 is 1.51 bits per heavy atom. The van der Waals surface area contributed by atoms with Gasteiger partial charge in [0.15, 0.2) is 12.1 Å². The first-order valence-electron chi connectivity index (χ1n) is 18.2. The number of carbonyl (C=O) groups excluding carboxylic acids is 1. The molecule has 53 heavy (non-hydrogen) atoms. The smallest absolute Gasteiger partial charge is 0.315 e. The Labute approximate surface area is 313 Å². The third kappa shape index (κ3) is 19.2. The van der Waals surface area contributed by atoms with E-state index in [4.69, 9.17) is 18.9 Å². The van der Waals surface area contributed by atoms with Crippen molar-refractivity contribution in [2.75, 3.05) is 33.5 Å². The van der Waals surface area contributed by atoms with Crippen molar-refractivity contribution < 1.29 is 59.5 Å². The lowest BCUT2D eigenvalue weighted by molar-refractivity contribution is -0.282. The van der Waals surface area contributed by atoms with E-state index in [2.05, 4.69) is 10.6 Å². The minimum absolute atomic E-state index is 0.0197. The Bertz CT molecular complexity index is 1230. The van der Waals surface area contributed by atoms with E-state index in [-0.39, 0.29) is 44.6 Å². The number of methoxy groups -OCH3 is 1. The fraction of sp³-hybridized carbons (Fsp3) is 0.615. The monoisotopic (exact) mass is 750 g/mol. The summed E-state index contributed by atoms with van der Waals surface area (Å²) in [6, 6.07) is -2.13. The number of hydrogen-bond donors (Lipinski definition) is 9. The van der Waals surface area contributed by atoms with Crippen molar-refractivity contribution in [1.29, 1.82) is 0 Å². The number of urea groups is 1. The zero-order valence-corrected chi connectivity index (χ0v) is 31.1. The quantitative estimate of drug-likeness (QED) is 0.0724. The lowest BCUT2D eigenvalue weighted by atomic mass is 9.90. The van der Waals surface area contributed by atoms with Crippen LogP contribution in [-0.2, 0) is 18.9 Å². The van der Waals surface area contributed by atoms with Crippen molar-refractivity contribution in [3.63, 3.8) is 0 Å². The molecular weight excluding hydrogens is 688 g/mol. The van der Waals surface area contributed by atoms with Gasteiger partial charge in [-0.25, -0.2) is 4.79 Å². The Morgan fingerprint density at radius 1 is 0.925 bits per heavy atom. The molecular formula is C39H62N2O12. The van der Waals surface area contributed by atoms with E-state index in [1.807, 2.05) is 73.8 Å². The summed E-state index contributed by atoms with van der Waals surface area (Å²) < 4.78 is 22.8. The van der Waals surface area contributed by atoms with Crippen molar-refractivity contribution in [2.45, 2.75) is 113 Å². The van der Waals surface area contributed by atoms with Gasteiger partial charge in [0.25, 0.3) is 0 Å². The molecule has 0 aromatic heterocycles. The number of ether oxygens (including phenoxy) is 4. The maximum Gasteiger partial charge on any atom is 0.315 e. The summed E-state index contributed by atoms with van der Waals surface area (Å²) in [7, 11) is 1.61. The first-order valence-corrected chi connectivity index (χ1v) is 18.2. The zero-order valence-electron chi connectivity index (χ0n) is 31.1. The summed E-state index contributed by atoms with van der Waals surface area (Å²) in [5, 5.41) is 75.7. The van der Waals surface area contributed by atoms with Crippen LogP contribution in [0.4, 0.5) is 4.79 Å². The van der Waals surface area contributed by atoms with Crippen molar-refractivity contribution in [3.8, 4) is 0 Å². The van der Waals surface area contributed by atoms with Gasteiger partial charge in [0.05, 0.1) is 62.4 Å². The molecule has 0 aromatic carbocycles. The van der Waals surface area contributed by atoms with Crippen LogP contribution in [0.15, 0.2) is 85.1 Å². The van der Waals surface area contributed by atoms with Gasteiger partial charge in [0.2, 0.25) is 0 Å². The topological polar surface area (TPSA) is 220 Å². The van der Waals surface area contributed by atoms with Crippen molar-refractivity contribution in [1.82, 2.24) is 10.6 Å². The highest BCUT2D eigenvalue weighted by Crippen LogP contribution is 2.34. The van der Waals surface area contributed by atoms with Gasteiger partial charge in [0, 0.05) is 45.3 Å². The van der Waals surface area contributed by atoms with E-state index >= 15 is 0 Å². The molecule has 300 valence electrons. The van der Waals surface area contributed by atoms with Crippen LogP contribution in [0.2, 0.25) is 0 Å². The summed E-state index contributed by atoms with van der Waals surface area (Å²) >= 11 is 0. The van der Waals surface area contributed by atoms with Gasteiger partial charge in [-0.15, -0.1) is 0 Å². The summed E-state index contributed by atoms with van der Waals surface area (Å²) in [5.74, 6) is -1.64. The minimum Gasteiger partial charge on any atom is -0.394 e. The molecule has 10 atom stereocenters. The second-order valence-electron chi connectivity index (χ2n) is 13.5. The number of aliphatic hydroxyl groups excluding tert-OH is 6. The number of carbonyl (C=O) groups is 1. The predicted molar refractivity (Wildman–Crippen MR) is 200 cm³/mol. The number of allylic oxidation sites excluding steroid dienone is 12. The van der Waals surface area contributed by atoms with Crippen LogP contribution in [-0.4, -0.2) is 136 Å². The van der Waals surface area contributed by atoms with Gasteiger partial charge in [0.1, 0.15) is 6.10 Å². The average molecular weight is 751 g/mol. The molecule has 2 fully saturated rings. The molecule has 2 saturated heterocycles. The second kappa shape index (κ2) is 25.9. The van der Waals surface area contributed by atoms with E-state index < -0.39 is 80.0 Å². The standard InChI is InChI=1S/C39H62N2O12/c1-28(34(46)19-21-50-3)16-14-12-10-8-6-4-5-7-9-11-13-15-17-32(52-37-35(47)22-31(45)27-51-37)23-36-33(41-38(48)40-30(25-42)26-43)18-20-39(49,53-36)24-29(2)44/h4-17,28-37,42-47,49H,18-27H2,1-3H3,(H2,40,41,48)/b5-4+,8-6+,9-7+,12-10+,13-11+,16-14+,17-15+/t28-,29-,31-,32-,33+,34-,35-,36-,37-,39-/m0/s1. The fourth-order valence-electron chi connectivity index (χ4n) is 5.71. The van der Waals surface area contributed by atoms with Gasteiger partial charge in [-0.3, -0.25) is 0 Å². The highest BCUT2D eigenvalue weighted by molar-refractivity contribution is 5.74. The van der Waals surface area contributed by atoms with E-state index in [0.29, 0.717) is 13.0 Å². The molecule has 0 bridgehead atoms. The first-order chi connectivity index (χ1) is 25.4. The first kappa shape index (κ1) is 46.2. The molecule has 2 amide bonds. The molecule has 0 aliphatic carbocycles. The molecule has 14 heteroatoms.